The van der Waals surface area contributed by atoms with Gasteiger partial charge in [-0.25, -0.2) is 9.31 Å². The van der Waals surface area contributed by atoms with E-state index in [9.17, 15) is 9.59 Å². The van der Waals surface area contributed by atoms with E-state index in [1.807, 2.05) is 0 Å². The second-order valence-corrected chi connectivity index (χ2v) is 5.65. The molecular weight excluding hydrogens is 322 g/mol. The molecular formula is C17H21N5O3. The van der Waals surface area contributed by atoms with Gasteiger partial charge in [-0.2, -0.15) is 0 Å². The number of ether oxygens (including phenoxy) is 1. The summed E-state index contributed by atoms with van der Waals surface area (Å²) in [5, 5.41) is 7.87. The van der Waals surface area contributed by atoms with E-state index in [-0.39, 0.29) is 17.9 Å². The van der Waals surface area contributed by atoms with Crippen LogP contribution in [0, 0.1) is 11.8 Å². The van der Waals surface area contributed by atoms with E-state index in [0.717, 1.165) is 37.6 Å². The molecule has 8 nitrogen and oxygen atoms in total. The molecule has 2 N–H and O–H groups in total. The number of nitrogens with zero attached hydrogens (tertiary/aromatic N) is 3. The number of H-pyrrole nitrogens is 1. The third-order valence-electron chi connectivity index (χ3n) is 4.06. The lowest BCUT2D eigenvalue weighted by molar-refractivity contribution is 0.0518. The molecule has 0 aromatic carbocycles. The van der Waals surface area contributed by atoms with E-state index >= 15 is 0 Å². The van der Waals surface area contributed by atoms with Gasteiger partial charge >= 0.3 is 5.97 Å². The lowest BCUT2D eigenvalue weighted by Gasteiger charge is -2.28. The van der Waals surface area contributed by atoms with Gasteiger partial charge in [-0.15, -0.1) is 11.0 Å². The molecule has 1 fully saturated rings. The number of hydrogen-bond acceptors (Lipinski definition) is 6. The first kappa shape index (κ1) is 17.0. The number of nitrogens with one attached hydrogen (secondary N) is 2. The zero-order chi connectivity index (χ0) is 17.8. The predicted molar refractivity (Wildman–Crippen MR) is 94.0 cm³/mol. The molecule has 0 saturated carbocycles. The molecule has 0 atom stereocenters. The van der Waals surface area contributed by atoms with Gasteiger partial charge in [-0.05, 0) is 13.8 Å². The molecule has 1 saturated heterocycles. The first-order chi connectivity index (χ1) is 12.2. The second-order valence-electron chi connectivity index (χ2n) is 5.65. The molecule has 25 heavy (non-hydrogen) atoms. The number of aromatic nitrogens is 3. The fourth-order valence-corrected chi connectivity index (χ4v) is 2.91. The zero-order valence-corrected chi connectivity index (χ0v) is 14.4. The maximum absolute atomic E-state index is 12.6. The number of esters is 1. The van der Waals surface area contributed by atoms with Gasteiger partial charge in [0.05, 0.1) is 12.8 Å². The first-order valence-electron chi connectivity index (χ1n) is 8.32. The Morgan fingerprint density at radius 1 is 1.40 bits per heavy atom. The van der Waals surface area contributed by atoms with E-state index in [1.165, 1.54) is 10.7 Å². The molecule has 3 rings (SSSR count). The molecule has 0 amide bonds. The summed E-state index contributed by atoms with van der Waals surface area (Å²) < 4.78 is 6.43. The summed E-state index contributed by atoms with van der Waals surface area (Å²) in [7, 11) is 0. The highest BCUT2D eigenvalue weighted by Crippen LogP contribution is 2.23. The van der Waals surface area contributed by atoms with Crippen molar-refractivity contribution in [3.63, 3.8) is 0 Å². The van der Waals surface area contributed by atoms with Gasteiger partial charge < -0.3 is 19.9 Å². The number of carbonyl (C=O) groups is 1. The maximum atomic E-state index is 12.6. The third kappa shape index (κ3) is 3.37. The van der Waals surface area contributed by atoms with Crippen LogP contribution >= 0.6 is 0 Å². The third-order valence-corrected chi connectivity index (χ3v) is 4.06. The smallest absolute Gasteiger partial charge is 0.356 e. The van der Waals surface area contributed by atoms with Crippen LogP contribution in [0.3, 0.4) is 0 Å². The van der Waals surface area contributed by atoms with Gasteiger partial charge in [-0.1, -0.05) is 5.92 Å². The standard InChI is InChI=1S/C17H21N5O3/c1-3-5-6-12-14-16(23)19-13(17(24)25-4-2)11-22(14)20-15(12)21-9-7-18-8-10-21/h11,18H,4,6-10H2,1-2H3,(H,19,23). The average Bonchev–Trinajstić information content (AvgIpc) is 3.00. The van der Waals surface area contributed by atoms with Crippen molar-refractivity contribution in [3.05, 3.63) is 27.8 Å². The van der Waals surface area contributed by atoms with Crippen molar-refractivity contribution in [2.75, 3.05) is 37.7 Å². The van der Waals surface area contributed by atoms with Crippen molar-refractivity contribution < 1.29 is 9.53 Å². The van der Waals surface area contributed by atoms with Crippen LogP contribution in [0.4, 0.5) is 5.82 Å². The lowest BCUT2D eigenvalue weighted by atomic mass is 10.1. The molecule has 0 spiro atoms. The quantitative estimate of drug-likeness (QED) is 0.608. The number of fused-ring (bicyclic) bond motifs is 1. The number of hydrogen-bond donors (Lipinski definition) is 2. The van der Waals surface area contributed by atoms with Crippen molar-refractivity contribution in [2.45, 2.75) is 20.3 Å². The summed E-state index contributed by atoms with van der Waals surface area (Å²) in [6.45, 7) is 7.04. The van der Waals surface area contributed by atoms with Crippen LogP contribution in [0.2, 0.25) is 0 Å². The minimum Gasteiger partial charge on any atom is -0.461 e. The van der Waals surface area contributed by atoms with Gasteiger partial charge in [0.15, 0.2) is 5.82 Å². The molecule has 0 unspecified atom stereocenters. The highest BCUT2D eigenvalue weighted by Gasteiger charge is 2.23. The Hall–Kier alpha value is -2.79. The topological polar surface area (TPSA) is 91.7 Å². The number of anilines is 1. The molecule has 0 radical (unpaired) electrons. The summed E-state index contributed by atoms with van der Waals surface area (Å²) in [6, 6.07) is 0. The fraction of sp³-hybridized carbons (Fsp3) is 0.471. The monoisotopic (exact) mass is 343 g/mol. The Bertz CT molecular complexity index is 897. The van der Waals surface area contributed by atoms with Crippen LogP contribution < -0.4 is 15.8 Å². The molecule has 0 aliphatic carbocycles. The van der Waals surface area contributed by atoms with Crippen LogP contribution in [0.15, 0.2) is 11.0 Å². The minimum atomic E-state index is -0.573. The van der Waals surface area contributed by atoms with Crippen molar-refractivity contribution in [3.8, 4) is 11.8 Å². The molecule has 2 aromatic rings. The van der Waals surface area contributed by atoms with Crippen LogP contribution in [-0.4, -0.2) is 53.4 Å². The van der Waals surface area contributed by atoms with Crippen LogP contribution in [-0.2, 0) is 11.2 Å². The highest BCUT2D eigenvalue weighted by atomic mass is 16.5. The molecule has 132 valence electrons. The van der Waals surface area contributed by atoms with Gasteiger partial charge in [-0.3, -0.25) is 4.79 Å². The van der Waals surface area contributed by atoms with Gasteiger partial charge in [0.2, 0.25) is 0 Å². The molecule has 2 aromatic heterocycles. The molecule has 0 bridgehead atoms. The van der Waals surface area contributed by atoms with Gasteiger partial charge in [0, 0.05) is 38.2 Å². The molecule has 3 heterocycles. The summed E-state index contributed by atoms with van der Waals surface area (Å²) in [4.78, 5) is 29.3. The van der Waals surface area contributed by atoms with Crippen molar-refractivity contribution >= 4 is 17.3 Å². The Labute approximate surface area is 145 Å². The van der Waals surface area contributed by atoms with Crippen molar-refractivity contribution in [1.29, 1.82) is 0 Å². The number of carbonyl (C=O) groups excluding carboxylic acids is 1. The largest absolute Gasteiger partial charge is 0.461 e. The average molecular weight is 343 g/mol. The summed E-state index contributed by atoms with van der Waals surface area (Å²) >= 11 is 0. The predicted octanol–water partition coefficient (Wildman–Crippen LogP) is 0.175. The summed E-state index contributed by atoms with van der Waals surface area (Å²) in [5.41, 5.74) is 0.923. The highest BCUT2D eigenvalue weighted by molar-refractivity contribution is 5.87. The molecule has 1 aliphatic rings. The number of rotatable bonds is 4. The van der Waals surface area contributed by atoms with E-state index in [4.69, 9.17) is 4.74 Å². The van der Waals surface area contributed by atoms with E-state index < -0.39 is 5.97 Å². The molecule has 1 aliphatic heterocycles. The lowest BCUT2D eigenvalue weighted by Crippen LogP contribution is -2.44. The van der Waals surface area contributed by atoms with E-state index in [0.29, 0.717) is 11.9 Å². The van der Waals surface area contributed by atoms with Crippen molar-refractivity contribution in [2.24, 2.45) is 0 Å². The summed E-state index contributed by atoms with van der Waals surface area (Å²) in [5.74, 6) is 6.05. The number of aromatic amines is 1. The van der Waals surface area contributed by atoms with Crippen LogP contribution in [0.1, 0.15) is 29.9 Å². The first-order valence-corrected chi connectivity index (χ1v) is 8.32. The Morgan fingerprint density at radius 2 is 2.16 bits per heavy atom. The van der Waals surface area contributed by atoms with Gasteiger partial charge in [0.25, 0.3) is 5.56 Å². The van der Waals surface area contributed by atoms with Gasteiger partial charge in [0.1, 0.15) is 11.2 Å². The minimum absolute atomic E-state index is 0.0850. The number of piperazine rings is 1. The maximum Gasteiger partial charge on any atom is 0.356 e. The van der Waals surface area contributed by atoms with E-state index in [2.05, 4.69) is 32.1 Å². The SMILES string of the molecule is CC#CCc1c(N2CCNCC2)nn2cc(C(=O)OCC)[nH]c(=O)c12. The summed E-state index contributed by atoms with van der Waals surface area (Å²) in [6.07, 6.45) is 1.93. The van der Waals surface area contributed by atoms with Crippen LogP contribution in [0.25, 0.3) is 5.52 Å². The Balaban J connectivity index is 2.14. The zero-order valence-electron chi connectivity index (χ0n) is 14.4. The Morgan fingerprint density at radius 3 is 2.84 bits per heavy atom. The molecule has 8 heteroatoms. The Kier molecular flexibility index (Phi) is 5.05. The second kappa shape index (κ2) is 7.40. The van der Waals surface area contributed by atoms with Crippen LogP contribution in [0.5, 0.6) is 0 Å². The van der Waals surface area contributed by atoms with Crippen molar-refractivity contribution in [1.82, 2.24) is 19.9 Å². The fourth-order valence-electron chi connectivity index (χ4n) is 2.91. The normalized spacial score (nSPS) is 14.2. The van der Waals surface area contributed by atoms with E-state index in [1.54, 1.807) is 13.8 Å².